The summed E-state index contributed by atoms with van der Waals surface area (Å²) in [4.78, 5) is 1.94. The fourth-order valence-corrected chi connectivity index (χ4v) is 2.56. The first-order valence-corrected chi connectivity index (χ1v) is 6.47. The predicted molar refractivity (Wildman–Crippen MR) is 70.7 cm³/mol. The normalized spacial score (nSPS) is 16.1. The Morgan fingerprint density at radius 3 is 2.50 bits per heavy atom. The van der Waals surface area contributed by atoms with Crippen molar-refractivity contribution in [2.24, 2.45) is 0 Å². The van der Waals surface area contributed by atoms with Gasteiger partial charge in [0, 0.05) is 31.9 Å². The second kappa shape index (κ2) is 5.71. The maximum Gasteiger partial charge on any atom is 0.393 e. The minimum atomic E-state index is -4.25. The number of hydrogen-bond acceptors (Lipinski definition) is 3. The molecule has 1 aromatic rings. The van der Waals surface area contributed by atoms with Crippen molar-refractivity contribution in [3.8, 4) is 6.07 Å². The quantitative estimate of drug-likeness (QED) is 0.905. The molecule has 0 amide bonds. The molecule has 0 unspecified atom stereocenters. The standard InChI is InChI=1S/C14H16F3N3/c1-10-12(9-18)3-2-11(8-14(15,16)17)13(10)20-6-4-19-5-7-20/h2-3,19H,4-8H2,1H3. The van der Waals surface area contributed by atoms with Crippen molar-refractivity contribution < 1.29 is 13.2 Å². The van der Waals surface area contributed by atoms with E-state index in [0.29, 0.717) is 29.9 Å². The molecular weight excluding hydrogens is 267 g/mol. The highest BCUT2D eigenvalue weighted by atomic mass is 19.4. The van der Waals surface area contributed by atoms with Gasteiger partial charge in [-0.1, -0.05) is 6.07 Å². The molecule has 2 rings (SSSR count). The summed E-state index contributed by atoms with van der Waals surface area (Å²) >= 11 is 0. The smallest absolute Gasteiger partial charge is 0.369 e. The van der Waals surface area contributed by atoms with Crippen LogP contribution in [0.1, 0.15) is 16.7 Å². The molecule has 1 N–H and O–H groups in total. The first kappa shape index (κ1) is 14.7. The van der Waals surface area contributed by atoms with Crippen molar-refractivity contribution in [1.82, 2.24) is 5.32 Å². The zero-order valence-electron chi connectivity index (χ0n) is 11.2. The molecule has 0 aliphatic carbocycles. The van der Waals surface area contributed by atoms with Gasteiger partial charge in [0.25, 0.3) is 0 Å². The van der Waals surface area contributed by atoms with E-state index in [1.165, 1.54) is 12.1 Å². The lowest BCUT2D eigenvalue weighted by atomic mass is 9.98. The lowest BCUT2D eigenvalue weighted by molar-refractivity contribution is -0.127. The number of hydrogen-bond donors (Lipinski definition) is 1. The first-order chi connectivity index (χ1) is 9.42. The Morgan fingerprint density at radius 2 is 1.95 bits per heavy atom. The Labute approximate surface area is 116 Å². The number of benzene rings is 1. The van der Waals surface area contributed by atoms with Crippen LogP contribution in [0.25, 0.3) is 0 Å². The molecule has 1 saturated heterocycles. The summed E-state index contributed by atoms with van der Waals surface area (Å²) in [5, 5.41) is 12.2. The number of rotatable bonds is 2. The van der Waals surface area contributed by atoms with Crippen LogP contribution in [-0.4, -0.2) is 32.4 Å². The van der Waals surface area contributed by atoms with Crippen molar-refractivity contribution >= 4 is 5.69 Å². The van der Waals surface area contributed by atoms with Gasteiger partial charge < -0.3 is 10.2 Å². The molecule has 0 atom stereocenters. The van der Waals surface area contributed by atoms with Crippen molar-refractivity contribution in [1.29, 1.82) is 5.26 Å². The van der Waals surface area contributed by atoms with Crippen LogP contribution in [-0.2, 0) is 6.42 Å². The van der Waals surface area contributed by atoms with Gasteiger partial charge in [0.15, 0.2) is 0 Å². The average Bonchev–Trinajstić information content (AvgIpc) is 2.38. The Hall–Kier alpha value is -1.74. The number of alkyl halides is 3. The molecule has 0 bridgehead atoms. The molecule has 0 saturated carbocycles. The minimum Gasteiger partial charge on any atom is -0.369 e. The SMILES string of the molecule is Cc1c(C#N)ccc(CC(F)(F)F)c1N1CCNCC1. The van der Waals surface area contributed by atoms with Crippen molar-refractivity contribution in [2.45, 2.75) is 19.5 Å². The van der Waals surface area contributed by atoms with Crippen LogP contribution in [0.5, 0.6) is 0 Å². The molecule has 3 nitrogen and oxygen atoms in total. The van der Waals surface area contributed by atoms with Gasteiger partial charge >= 0.3 is 6.18 Å². The van der Waals surface area contributed by atoms with Crippen LogP contribution in [0.3, 0.4) is 0 Å². The number of nitriles is 1. The molecule has 1 aliphatic rings. The van der Waals surface area contributed by atoms with E-state index in [1.807, 2.05) is 11.0 Å². The average molecular weight is 283 g/mol. The number of piperazine rings is 1. The lowest BCUT2D eigenvalue weighted by Gasteiger charge is -2.33. The van der Waals surface area contributed by atoms with E-state index < -0.39 is 12.6 Å². The number of halogens is 3. The first-order valence-electron chi connectivity index (χ1n) is 6.47. The zero-order chi connectivity index (χ0) is 14.8. The molecule has 0 spiro atoms. The summed E-state index contributed by atoms with van der Waals surface area (Å²) in [7, 11) is 0. The van der Waals surface area contributed by atoms with E-state index in [2.05, 4.69) is 5.32 Å². The van der Waals surface area contributed by atoms with Gasteiger partial charge in [0.1, 0.15) is 0 Å². The van der Waals surface area contributed by atoms with E-state index in [4.69, 9.17) is 5.26 Å². The van der Waals surface area contributed by atoms with Crippen molar-refractivity contribution in [3.63, 3.8) is 0 Å². The monoisotopic (exact) mass is 283 g/mol. The van der Waals surface area contributed by atoms with Crippen LogP contribution in [0.15, 0.2) is 12.1 Å². The maximum absolute atomic E-state index is 12.7. The van der Waals surface area contributed by atoms with Crippen LogP contribution in [0.2, 0.25) is 0 Å². The van der Waals surface area contributed by atoms with Gasteiger partial charge in [-0.25, -0.2) is 0 Å². The predicted octanol–water partition coefficient (Wildman–Crippen LogP) is 2.38. The van der Waals surface area contributed by atoms with Crippen LogP contribution in [0.4, 0.5) is 18.9 Å². The molecule has 1 fully saturated rings. The van der Waals surface area contributed by atoms with Gasteiger partial charge in [0.05, 0.1) is 18.1 Å². The number of nitrogens with one attached hydrogen (secondary N) is 1. The molecule has 0 aromatic heterocycles. The fourth-order valence-electron chi connectivity index (χ4n) is 2.56. The van der Waals surface area contributed by atoms with Gasteiger partial charge in [-0.15, -0.1) is 0 Å². The third-order valence-electron chi connectivity index (χ3n) is 3.46. The van der Waals surface area contributed by atoms with E-state index >= 15 is 0 Å². The van der Waals surface area contributed by atoms with Crippen molar-refractivity contribution in [2.75, 3.05) is 31.1 Å². The summed E-state index contributed by atoms with van der Waals surface area (Å²) in [6, 6.07) is 4.94. The van der Waals surface area contributed by atoms with E-state index in [1.54, 1.807) is 6.92 Å². The highest BCUT2D eigenvalue weighted by molar-refractivity contribution is 5.64. The van der Waals surface area contributed by atoms with Crippen LogP contribution < -0.4 is 10.2 Å². The topological polar surface area (TPSA) is 39.1 Å². The summed E-state index contributed by atoms with van der Waals surface area (Å²) < 4.78 is 38.1. The maximum atomic E-state index is 12.7. The second-order valence-corrected chi connectivity index (χ2v) is 4.89. The molecule has 6 heteroatoms. The summed E-state index contributed by atoms with van der Waals surface area (Å²) in [6.45, 7) is 4.50. The Balaban J connectivity index is 2.45. The fraction of sp³-hybridized carbons (Fsp3) is 0.500. The Bertz CT molecular complexity index is 526. The van der Waals surface area contributed by atoms with Gasteiger partial charge in [0.2, 0.25) is 0 Å². The highest BCUT2D eigenvalue weighted by Gasteiger charge is 2.31. The van der Waals surface area contributed by atoms with Crippen LogP contribution in [0, 0.1) is 18.3 Å². The van der Waals surface area contributed by atoms with Gasteiger partial charge in [-0.05, 0) is 24.1 Å². The van der Waals surface area contributed by atoms with Crippen molar-refractivity contribution in [3.05, 3.63) is 28.8 Å². The zero-order valence-corrected chi connectivity index (χ0v) is 11.2. The second-order valence-electron chi connectivity index (χ2n) is 4.89. The highest BCUT2D eigenvalue weighted by Crippen LogP contribution is 2.33. The van der Waals surface area contributed by atoms with Crippen LogP contribution >= 0.6 is 0 Å². The number of anilines is 1. The molecule has 1 heterocycles. The summed E-state index contributed by atoms with van der Waals surface area (Å²) in [6.07, 6.45) is -5.21. The molecular formula is C14H16F3N3. The third kappa shape index (κ3) is 3.23. The molecule has 0 radical (unpaired) electrons. The lowest BCUT2D eigenvalue weighted by Crippen LogP contribution is -2.44. The molecule has 1 aromatic carbocycles. The Kier molecular flexibility index (Phi) is 4.19. The van der Waals surface area contributed by atoms with E-state index in [-0.39, 0.29) is 5.56 Å². The van der Waals surface area contributed by atoms with Gasteiger partial charge in [-0.3, -0.25) is 0 Å². The number of nitrogens with zero attached hydrogens (tertiary/aromatic N) is 2. The minimum absolute atomic E-state index is 0.246. The summed E-state index contributed by atoms with van der Waals surface area (Å²) in [5.41, 5.74) is 1.89. The molecule has 20 heavy (non-hydrogen) atoms. The Morgan fingerprint density at radius 1 is 1.30 bits per heavy atom. The largest absolute Gasteiger partial charge is 0.393 e. The van der Waals surface area contributed by atoms with Gasteiger partial charge in [-0.2, -0.15) is 18.4 Å². The molecule has 1 aliphatic heterocycles. The molecule has 108 valence electrons. The van der Waals surface area contributed by atoms with E-state index in [0.717, 1.165) is 13.1 Å². The van der Waals surface area contributed by atoms with E-state index in [9.17, 15) is 13.2 Å². The third-order valence-corrected chi connectivity index (χ3v) is 3.46. The summed E-state index contributed by atoms with van der Waals surface area (Å²) in [5.74, 6) is 0.